The Kier molecular flexibility index (Phi) is 3.50. The quantitative estimate of drug-likeness (QED) is 0.742. The fourth-order valence-electron chi connectivity index (χ4n) is 2.40. The Bertz CT molecular complexity index is 671. The standard InChI is InChI=1S/C15H14N2S2/c1-10-6-7-11(18-10)9-17-15-13(8-16)12-4-2-3-5-14(12)19-15/h6-7,9H,2-5H2,1H3. The molecular formula is C15H14N2S2. The fourth-order valence-corrected chi connectivity index (χ4v) is 4.34. The van der Waals surface area contributed by atoms with E-state index in [1.165, 1.54) is 28.2 Å². The number of thiophene rings is 2. The molecule has 0 N–H and O–H groups in total. The number of hydrogen-bond acceptors (Lipinski definition) is 4. The molecule has 0 unspecified atom stereocenters. The summed E-state index contributed by atoms with van der Waals surface area (Å²) in [6.45, 7) is 2.09. The molecule has 2 aromatic rings. The van der Waals surface area contributed by atoms with E-state index in [2.05, 4.69) is 30.1 Å². The van der Waals surface area contributed by atoms with Gasteiger partial charge in [0, 0.05) is 20.8 Å². The minimum Gasteiger partial charge on any atom is -0.243 e. The van der Waals surface area contributed by atoms with Crippen molar-refractivity contribution in [1.82, 2.24) is 0 Å². The molecule has 19 heavy (non-hydrogen) atoms. The van der Waals surface area contributed by atoms with Crippen molar-refractivity contribution in [3.63, 3.8) is 0 Å². The third-order valence-electron chi connectivity index (χ3n) is 3.33. The summed E-state index contributed by atoms with van der Waals surface area (Å²) in [4.78, 5) is 8.35. The average Bonchev–Trinajstić information content (AvgIpc) is 2.99. The highest BCUT2D eigenvalue weighted by Crippen LogP contribution is 2.39. The largest absolute Gasteiger partial charge is 0.243 e. The van der Waals surface area contributed by atoms with Gasteiger partial charge in [0.15, 0.2) is 0 Å². The van der Waals surface area contributed by atoms with Gasteiger partial charge in [-0.25, -0.2) is 4.99 Å². The van der Waals surface area contributed by atoms with Crippen molar-refractivity contribution in [2.75, 3.05) is 0 Å². The molecule has 2 heterocycles. The topological polar surface area (TPSA) is 36.1 Å². The first-order valence-electron chi connectivity index (χ1n) is 6.43. The number of aryl methyl sites for hydroxylation is 2. The number of nitrogens with zero attached hydrogens (tertiary/aromatic N) is 2. The molecular weight excluding hydrogens is 272 g/mol. The molecule has 1 aliphatic rings. The zero-order valence-electron chi connectivity index (χ0n) is 10.8. The Balaban J connectivity index is 1.95. The predicted molar refractivity (Wildman–Crippen MR) is 82.0 cm³/mol. The molecule has 1 aliphatic carbocycles. The van der Waals surface area contributed by atoms with E-state index in [9.17, 15) is 5.26 Å². The van der Waals surface area contributed by atoms with Crippen molar-refractivity contribution in [2.45, 2.75) is 32.6 Å². The van der Waals surface area contributed by atoms with Crippen molar-refractivity contribution < 1.29 is 0 Å². The summed E-state index contributed by atoms with van der Waals surface area (Å²) in [6, 6.07) is 6.51. The van der Waals surface area contributed by atoms with Crippen LogP contribution in [0.2, 0.25) is 0 Å². The Morgan fingerprint density at radius 2 is 2.11 bits per heavy atom. The third-order valence-corrected chi connectivity index (χ3v) is 5.47. The highest BCUT2D eigenvalue weighted by atomic mass is 32.1. The highest BCUT2D eigenvalue weighted by molar-refractivity contribution is 7.16. The molecule has 0 atom stereocenters. The van der Waals surface area contributed by atoms with Crippen LogP contribution < -0.4 is 0 Å². The van der Waals surface area contributed by atoms with Crippen molar-refractivity contribution in [3.8, 4) is 6.07 Å². The molecule has 0 bridgehead atoms. The normalized spacial score (nSPS) is 14.5. The van der Waals surface area contributed by atoms with E-state index in [-0.39, 0.29) is 0 Å². The SMILES string of the molecule is Cc1ccc(C=Nc2sc3c(c2C#N)CCCC3)s1. The Morgan fingerprint density at radius 1 is 1.26 bits per heavy atom. The Hall–Kier alpha value is -1.44. The van der Waals surface area contributed by atoms with Crippen LogP contribution in [0.15, 0.2) is 17.1 Å². The van der Waals surface area contributed by atoms with Crippen LogP contribution in [0.1, 0.15) is 38.6 Å². The summed E-state index contributed by atoms with van der Waals surface area (Å²) in [5, 5.41) is 10.2. The van der Waals surface area contributed by atoms with Crippen LogP contribution in [0, 0.1) is 18.3 Å². The van der Waals surface area contributed by atoms with Gasteiger partial charge in [-0.1, -0.05) is 0 Å². The lowest BCUT2D eigenvalue weighted by Gasteiger charge is -2.09. The molecule has 4 heteroatoms. The Labute approximate surface area is 121 Å². The van der Waals surface area contributed by atoms with Gasteiger partial charge >= 0.3 is 0 Å². The van der Waals surface area contributed by atoms with E-state index in [1.807, 2.05) is 6.21 Å². The maximum absolute atomic E-state index is 9.35. The molecule has 0 saturated heterocycles. The van der Waals surface area contributed by atoms with Gasteiger partial charge in [-0.3, -0.25) is 0 Å². The van der Waals surface area contributed by atoms with Gasteiger partial charge < -0.3 is 0 Å². The van der Waals surface area contributed by atoms with E-state index in [4.69, 9.17) is 0 Å². The Morgan fingerprint density at radius 3 is 2.84 bits per heavy atom. The lowest BCUT2D eigenvalue weighted by atomic mass is 9.96. The number of fused-ring (bicyclic) bond motifs is 1. The van der Waals surface area contributed by atoms with Gasteiger partial charge in [-0.2, -0.15) is 5.26 Å². The average molecular weight is 286 g/mol. The summed E-state index contributed by atoms with van der Waals surface area (Å²) in [6.07, 6.45) is 6.48. The van der Waals surface area contributed by atoms with E-state index in [1.54, 1.807) is 22.7 Å². The highest BCUT2D eigenvalue weighted by Gasteiger charge is 2.20. The second-order valence-corrected chi connectivity index (χ2v) is 7.11. The molecule has 0 amide bonds. The summed E-state index contributed by atoms with van der Waals surface area (Å²) in [5.41, 5.74) is 2.07. The van der Waals surface area contributed by atoms with E-state index in [0.717, 1.165) is 28.3 Å². The summed E-state index contributed by atoms with van der Waals surface area (Å²) < 4.78 is 0. The summed E-state index contributed by atoms with van der Waals surface area (Å²) >= 11 is 3.42. The van der Waals surface area contributed by atoms with Crippen molar-refractivity contribution in [2.24, 2.45) is 4.99 Å². The minimum atomic E-state index is 0.809. The zero-order chi connectivity index (χ0) is 13.2. The van der Waals surface area contributed by atoms with Gasteiger partial charge in [0.05, 0.1) is 5.56 Å². The second kappa shape index (κ2) is 5.28. The van der Waals surface area contributed by atoms with E-state index < -0.39 is 0 Å². The van der Waals surface area contributed by atoms with Gasteiger partial charge in [0.25, 0.3) is 0 Å². The molecule has 3 rings (SSSR count). The monoisotopic (exact) mass is 286 g/mol. The summed E-state index contributed by atoms with van der Waals surface area (Å²) in [5.74, 6) is 0. The second-order valence-electron chi connectivity index (χ2n) is 4.71. The number of rotatable bonds is 2. The lowest BCUT2D eigenvalue weighted by Crippen LogP contribution is -1.99. The smallest absolute Gasteiger partial charge is 0.134 e. The van der Waals surface area contributed by atoms with Crippen LogP contribution in [0.4, 0.5) is 5.00 Å². The van der Waals surface area contributed by atoms with E-state index >= 15 is 0 Å². The number of nitriles is 1. The van der Waals surface area contributed by atoms with E-state index in [0.29, 0.717) is 0 Å². The molecule has 2 nitrogen and oxygen atoms in total. The lowest BCUT2D eigenvalue weighted by molar-refractivity contribution is 0.696. The molecule has 0 radical (unpaired) electrons. The maximum Gasteiger partial charge on any atom is 0.134 e. The van der Waals surface area contributed by atoms with Crippen LogP contribution in [0.3, 0.4) is 0 Å². The molecule has 0 saturated carbocycles. The molecule has 0 aliphatic heterocycles. The first kappa shape index (κ1) is 12.6. The molecule has 2 aromatic heterocycles. The van der Waals surface area contributed by atoms with Crippen molar-refractivity contribution >= 4 is 33.9 Å². The molecule has 0 aromatic carbocycles. The van der Waals surface area contributed by atoms with Crippen molar-refractivity contribution in [1.29, 1.82) is 5.26 Å². The zero-order valence-corrected chi connectivity index (χ0v) is 12.4. The van der Waals surface area contributed by atoms with Crippen LogP contribution in [-0.4, -0.2) is 6.21 Å². The first-order valence-corrected chi connectivity index (χ1v) is 8.06. The maximum atomic E-state index is 9.35. The summed E-state index contributed by atoms with van der Waals surface area (Å²) in [7, 11) is 0. The van der Waals surface area contributed by atoms with Crippen LogP contribution in [0.25, 0.3) is 0 Å². The molecule has 0 spiro atoms. The molecule has 96 valence electrons. The van der Waals surface area contributed by atoms with Gasteiger partial charge in [0.2, 0.25) is 0 Å². The van der Waals surface area contributed by atoms with Crippen LogP contribution >= 0.6 is 22.7 Å². The predicted octanol–water partition coefficient (Wildman–Crippen LogP) is 4.62. The fraction of sp³-hybridized carbons (Fsp3) is 0.333. The first-order chi connectivity index (χ1) is 9.28. The number of aliphatic imine (C=N–C) groups is 1. The minimum absolute atomic E-state index is 0.809. The van der Waals surface area contributed by atoms with Gasteiger partial charge in [-0.15, -0.1) is 22.7 Å². The van der Waals surface area contributed by atoms with Crippen LogP contribution in [-0.2, 0) is 12.8 Å². The van der Waals surface area contributed by atoms with Gasteiger partial charge in [0.1, 0.15) is 11.1 Å². The number of hydrogen-bond donors (Lipinski definition) is 0. The van der Waals surface area contributed by atoms with Crippen molar-refractivity contribution in [3.05, 3.63) is 37.9 Å². The molecule has 0 fully saturated rings. The van der Waals surface area contributed by atoms with Crippen LogP contribution in [0.5, 0.6) is 0 Å². The third kappa shape index (κ3) is 2.49. The van der Waals surface area contributed by atoms with Gasteiger partial charge in [-0.05, 0) is 50.3 Å².